The maximum Gasteiger partial charge on any atom is 0.407 e. The molecule has 35 heavy (non-hydrogen) atoms. The Kier molecular flexibility index (Phi) is 7.14. The minimum Gasteiger partial charge on any atom is -0.336 e. The molecule has 7 nitrogen and oxygen atoms in total. The summed E-state index contributed by atoms with van der Waals surface area (Å²) in [5, 5.41) is 8.50. The van der Waals surface area contributed by atoms with Gasteiger partial charge in [0.1, 0.15) is 23.4 Å². The molecule has 2 atom stereocenters. The highest BCUT2D eigenvalue weighted by atomic mass is 32.2. The van der Waals surface area contributed by atoms with Gasteiger partial charge < -0.3 is 5.32 Å². The number of aromatic nitrogens is 1. The van der Waals surface area contributed by atoms with Crippen molar-refractivity contribution in [3.8, 4) is 6.07 Å². The van der Waals surface area contributed by atoms with Crippen molar-refractivity contribution in [1.82, 2.24) is 15.6 Å². The second-order valence-corrected chi connectivity index (χ2v) is 10.0. The molecular formula is C21H18F6N4O3S. The largest absolute Gasteiger partial charge is 0.407 e. The molecule has 1 aliphatic rings. The Morgan fingerprint density at radius 3 is 2.26 bits per heavy atom. The van der Waals surface area contributed by atoms with Gasteiger partial charge in [0.25, 0.3) is 0 Å². The SMILES string of the molecule is N#CC1(NC(=O)[C@H](CS(=O)(=O)C(F)(F)c2cccnc2)N[C@@H](c2ccc(F)cc2)C(F)(F)F)CC1. The zero-order chi connectivity index (χ0) is 26.1. The van der Waals surface area contributed by atoms with E-state index >= 15 is 0 Å². The number of nitrogens with one attached hydrogen (secondary N) is 2. The van der Waals surface area contributed by atoms with Crippen LogP contribution < -0.4 is 10.6 Å². The van der Waals surface area contributed by atoms with Crippen LogP contribution in [-0.2, 0) is 19.9 Å². The Labute approximate surface area is 196 Å². The van der Waals surface area contributed by atoms with E-state index in [1.807, 2.05) is 0 Å². The molecule has 2 N–H and O–H groups in total. The van der Waals surface area contributed by atoms with Crippen molar-refractivity contribution in [3.63, 3.8) is 0 Å². The average Bonchev–Trinajstić information content (AvgIpc) is 3.56. The van der Waals surface area contributed by atoms with Crippen LogP contribution in [0.4, 0.5) is 26.3 Å². The highest BCUT2D eigenvalue weighted by Crippen LogP contribution is 2.38. The van der Waals surface area contributed by atoms with Crippen molar-refractivity contribution in [2.45, 2.75) is 41.9 Å². The van der Waals surface area contributed by atoms with Crippen LogP contribution in [0, 0.1) is 17.1 Å². The maximum absolute atomic E-state index is 14.8. The second-order valence-electron chi connectivity index (χ2n) is 7.97. The van der Waals surface area contributed by atoms with Gasteiger partial charge in [0.15, 0.2) is 0 Å². The summed E-state index contributed by atoms with van der Waals surface area (Å²) in [6, 6.07) is 1.44. The molecule has 0 saturated heterocycles. The summed E-state index contributed by atoms with van der Waals surface area (Å²) in [7, 11) is -5.59. The maximum atomic E-state index is 14.8. The number of rotatable bonds is 9. The van der Waals surface area contributed by atoms with E-state index in [4.69, 9.17) is 5.26 Å². The number of amides is 1. The van der Waals surface area contributed by atoms with Crippen LogP contribution in [0.25, 0.3) is 0 Å². The quantitative estimate of drug-likeness (QED) is 0.492. The number of pyridine rings is 1. The first-order valence-electron chi connectivity index (χ1n) is 10.0. The third-order valence-corrected chi connectivity index (χ3v) is 7.10. The smallest absolute Gasteiger partial charge is 0.336 e. The molecule has 1 aromatic heterocycles. The van der Waals surface area contributed by atoms with Crippen LogP contribution in [0.1, 0.15) is 30.0 Å². The number of nitriles is 1. The normalized spacial score (nSPS) is 17.2. The van der Waals surface area contributed by atoms with E-state index in [0.29, 0.717) is 18.3 Å². The standard InChI is InChI=1S/C21H18F6N4O3S/c22-15-5-3-13(4-6-15)17(20(23,24)25)30-16(18(32)31-19(12-28)7-8-19)11-35(33,34)21(26,27)14-2-1-9-29-10-14/h1-6,9-10,16-17,30H,7-8,11H2,(H,31,32)/t16-,17-/m0/s1. The van der Waals surface area contributed by atoms with Crippen molar-refractivity contribution in [2.75, 3.05) is 5.75 Å². The van der Waals surface area contributed by atoms with E-state index in [0.717, 1.165) is 30.5 Å². The first-order valence-corrected chi connectivity index (χ1v) is 11.7. The highest BCUT2D eigenvalue weighted by molar-refractivity contribution is 7.92. The number of carbonyl (C=O) groups is 1. The van der Waals surface area contributed by atoms with Crippen LogP contribution in [0.5, 0.6) is 0 Å². The molecule has 14 heteroatoms. The summed E-state index contributed by atoms with van der Waals surface area (Å²) in [4.78, 5) is 16.2. The van der Waals surface area contributed by atoms with Gasteiger partial charge in [-0.1, -0.05) is 12.1 Å². The first kappa shape index (κ1) is 26.4. The van der Waals surface area contributed by atoms with Crippen molar-refractivity contribution in [1.29, 1.82) is 5.26 Å². The molecular weight excluding hydrogens is 502 g/mol. The third kappa shape index (κ3) is 5.91. The number of benzene rings is 1. The van der Waals surface area contributed by atoms with Crippen molar-refractivity contribution >= 4 is 15.7 Å². The number of halogens is 6. The van der Waals surface area contributed by atoms with Crippen LogP contribution in [0.15, 0.2) is 48.8 Å². The monoisotopic (exact) mass is 520 g/mol. The molecule has 2 aromatic rings. The molecule has 188 valence electrons. The Hall–Kier alpha value is -3.18. The molecule has 1 fully saturated rings. The molecule has 3 rings (SSSR count). The molecule has 1 heterocycles. The number of alkyl halides is 5. The summed E-state index contributed by atoms with van der Waals surface area (Å²) in [5.74, 6) is -3.98. The molecule has 0 spiro atoms. The van der Waals surface area contributed by atoms with Crippen LogP contribution in [0.2, 0.25) is 0 Å². The molecule has 0 aliphatic heterocycles. The van der Waals surface area contributed by atoms with Gasteiger partial charge in [-0.3, -0.25) is 15.1 Å². The van der Waals surface area contributed by atoms with Crippen molar-refractivity contribution in [3.05, 3.63) is 65.7 Å². The average molecular weight is 520 g/mol. The second kappa shape index (κ2) is 9.46. The van der Waals surface area contributed by atoms with E-state index in [-0.39, 0.29) is 12.8 Å². The fourth-order valence-electron chi connectivity index (χ4n) is 3.19. The predicted octanol–water partition coefficient (Wildman–Crippen LogP) is 3.12. The lowest BCUT2D eigenvalue weighted by molar-refractivity contribution is -0.160. The van der Waals surface area contributed by atoms with E-state index < -0.39 is 67.5 Å². The molecule has 0 unspecified atom stereocenters. The summed E-state index contributed by atoms with van der Waals surface area (Å²) in [5.41, 5.74) is -3.05. The zero-order valence-corrected chi connectivity index (χ0v) is 18.5. The lowest BCUT2D eigenvalue weighted by atomic mass is 10.0. The summed E-state index contributed by atoms with van der Waals surface area (Å²) < 4.78 is 110. The topological polar surface area (TPSA) is 112 Å². The Balaban J connectivity index is 1.97. The van der Waals surface area contributed by atoms with Gasteiger partial charge in [-0.25, -0.2) is 12.8 Å². The van der Waals surface area contributed by atoms with Gasteiger partial charge in [0.2, 0.25) is 15.7 Å². The van der Waals surface area contributed by atoms with Gasteiger partial charge >= 0.3 is 11.4 Å². The van der Waals surface area contributed by atoms with Gasteiger partial charge in [-0.15, -0.1) is 0 Å². The lowest BCUT2D eigenvalue weighted by Crippen LogP contribution is -2.55. The summed E-state index contributed by atoms with van der Waals surface area (Å²) in [6.07, 6.45) is -3.13. The molecule has 0 bridgehead atoms. The van der Waals surface area contributed by atoms with Gasteiger partial charge in [0.05, 0.1) is 17.4 Å². The van der Waals surface area contributed by atoms with Crippen LogP contribution in [-0.4, -0.2) is 42.8 Å². The number of hydrogen-bond donors (Lipinski definition) is 2. The minimum absolute atomic E-state index is 0.154. The van der Waals surface area contributed by atoms with Gasteiger partial charge in [-0.2, -0.15) is 27.2 Å². The fraction of sp³-hybridized carbons (Fsp3) is 0.381. The molecule has 1 amide bonds. The number of sulfone groups is 1. The summed E-state index contributed by atoms with van der Waals surface area (Å²) >= 11 is 0. The van der Waals surface area contributed by atoms with E-state index in [1.54, 1.807) is 11.4 Å². The lowest BCUT2D eigenvalue weighted by Gasteiger charge is -2.29. The minimum atomic E-state index is -5.59. The Morgan fingerprint density at radius 2 is 1.77 bits per heavy atom. The van der Waals surface area contributed by atoms with Crippen LogP contribution >= 0.6 is 0 Å². The highest BCUT2D eigenvalue weighted by Gasteiger charge is 2.52. The summed E-state index contributed by atoms with van der Waals surface area (Å²) in [6.45, 7) is 0. The Bertz CT molecular complexity index is 1210. The predicted molar refractivity (Wildman–Crippen MR) is 110 cm³/mol. The Morgan fingerprint density at radius 1 is 1.14 bits per heavy atom. The van der Waals surface area contributed by atoms with Crippen molar-refractivity contribution < 1.29 is 39.6 Å². The first-order chi connectivity index (χ1) is 16.2. The van der Waals surface area contributed by atoms with E-state index in [9.17, 15) is 39.6 Å². The number of hydrogen-bond acceptors (Lipinski definition) is 6. The molecule has 1 aliphatic carbocycles. The number of carbonyl (C=O) groups excluding carboxylic acids is 1. The fourth-order valence-corrected chi connectivity index (χ4v) is 4.56. The van der Waals surface area contributed by atoms with Crippen LogP contribution in [0.3, 0.4) is 0 Å². The van der Waals surface area contributed by atoms with E-state index in [1.165, 1.54) is 0 Å². The molecule has 1 saturated carbocycles. The zero-order valence-electron chi connectivity index (χ0n) is 17.7. The molecule has 0 radical (unpaired) electrons. The van der Waals surface area contributed by atoms with Crippen molar-refractivity contribution in [2.24, 2.45) is 0 Å². The number of nitrogens with zero attached hydrogens (tertiary/aromatic N) is 2. The van der Waals surface area contributed by atoms with Gasteiger partial charge in [-0.05, 0) is 42.7 Å². The molecule has 1 aromatic carbocycles. The van der Waals surface area contributed by atoms with Gasteiger partial charge in [0, 0.05) is 12.4 Å². The van der Waals surface area contributed by atoms with E-state index in [2.05, 4.69) is 10.3 Å². The third-order valence-electron chi connectivity index (χ3n) is 5.32.